The first-order chi connectivity index (χ1) is 9.94. The Labute approximate surface area is 127 Å². The number of hydrogen-bond acceptors (Lipinski definition) is 2. The third-order valence-electron chi connectivity index (χ3n) is 4.03. The molecule has 0 radical (unpaired) electrons. The second-order valence-electron chi connectivity index (χ2n) is 5.46. The predicted molar refractivity (Wildman–Crippen MR) is 76.9 cm³/mol. The molecule has 0 spiro atoms. The summed E-state index contributed by atoms with van der Waals surface area (Å²) in [7, 11) is 0. The van der Waals surface area contributed by atoms with E-state index in [2.05, 4.69) is 5.32 Å². The Morgan fingerprint density at radius 3 is 2.52 bits per heavy atom. The van der Waals surface area contributed by atoms with Crippen LogP contribution < -0.4 is 5.32 Å². The summed E-state index contributed by atoms with van der Waals surface area (Å²) in [5, 5.41) is 12.0. The smallest absolute Gasteiger partial charge is 0.311 e. The molecule has 1 aromatic carbocycles. The summed E-state index contributed by atoms with van der Waals surface area (Å²) in [6.07, 6.45) is 3.82. The SMILES string of the molecule is O=C(NCC1(C(=O)O)CCCCC1)c1ccc(Cl)c(F)c1. The molecular weight excluding hydrogens is 297 g/mol. The van der Waals surface area contributed by atoms with E-state index in [1.807, 2.05) is 0 Å². The number of rotatable bonds is 4. The summed E-state index contributed by atoms with van der Waals surface area (Å²) in [6, 6.07) is 3.76. The summed E-state index contributed by atoms with van der Waals surface area (Å²) < 4.78 is 13.3. The van der Waals surface area contributed by atoms with Gasteiger partial charge in [0.1, 0.15) is 5.82 Å². The molecule has 1 saturated carbocycles. The fourth-order valence-corrected chi connectivity index (χ4v) is 2.80. The molecule has 1 aliphatic carbocycles. The number of carbonyl (C=O) groups is 2. The second kappa shape index (κ2) is 6.43. The summed E-state index contributed by atoms with van der Waals surface area (Å²) in [5.41, 5.74) is -0.771. The van der Waals surface area contributed by atoms with Crippen molar-refractivity contribution in [2.45, 2.75) is 32.1 Å². The van der Waals surface area contributed by atoms with E-state index in [4.69, 9.17) is 11.6 Å². The van der Waals surface area contributed by atoms with Gasteiger partial charge in [-0.3, -0.25) is 9.59 Å². The summed E-state index contributed by atoms with van der Waals surface area (Å²) in [4.78, 5) is 23.5. The van der Waals surface area contributed by atoms with Gasteiger partial charge in [-0.05, 0) is 31.0 Å². The molecule has 1 aromatic rings. The van der Waals surface area contributed by atoms with Crippen LogP contribution in [-0.2, 0) is 4.79 Å². The molecule has 1 fully saturated rings. The Balaban J connectivity index is 2.05. The van der Waals surface area contributed by atoms with E-state index in [0.29, 0.717) is 12.8 Å². The molecule has 2 N–H and O–H groups in total. The van der Waals surface area contributed by atoms with Crippen molar-refractivity contribution in [3.05, 3.63) is 34.6 Å². The van der Waals surface area contributed by atoms with Crippen LogP contribution in [0.25, 0.3) is 0 Å². The first-order valence-electron chi connectivity index (χ1n) is 6.91. The number of halogens is 2. The molecule has 0 aliphatic heterocycles. The van der Waals surface area contributed by atoms with E-state index in [1.165, 1.54) is 12.1 Å². The monoisotopic (exact) mass is 313 g/mol. The highest BCUT2D eigenvalue weighted by Crippen LogP contribution is 2.36. The maximum absolute atomic E-state index is 13.3. The average molecular weight is 314 g/mol. The van der Waals surface area contributed by atoms with Gasteiger partial charge in [-0.15, -0.1) is 0 Å². The molecule has 0 heterocycles. The normalized spacial score (nSPS) is 17.2. The lowest BCUT2D eigenvalue weighted by atomic mass is 9.74. The second-order valence-corrected chi connectivity index (χ2v) is 5.86. The van der Waals surface area contributed by atoms with Crippen molar-refractivity contribution < 1.29 is 19.1 Å². The van der Waals surface area contributed by atoms with Crippen molar-refractivity contribution in [3.63, 3.8) is 0 Å². The Bertz CT molecular complexity index is 556. The van der Waals surface area contributed by atoms with Gasteiger partial charge in [0.05, 0.1) is 10.4 Å². The predicted octanol–water partition coefficient (Wildman–Crippen LogP) is 3.24. The van der Waals surface area contributed by atoms with Crippen LogP contribution in [0, 0.1) is 11.2 Å². The minimum absolute atomic E-state index is 0.0548. The third-order valence-corrected chi connectivity index (χ3v) is 4.34. The Morgan fingerprint density at radius 2 is 1.95 bits per heavy atom. The number of carbonyl (C=O) groups excluding carboxylic acids is 1. The van der Waals surface area contributed by atoms with Crippen molar-refractivity contribution in [3.8, 4) is 0 Å². The Morgan fingerprint density at radius 1 is 1.29 bits per heavy atom. The lowest BCUT2D eigenvalue weighted by molar-refractivity contribution is -0.150. The first-order valence-corrected chi connectivity index (χ1v) is 7.29. The van der Waals surface area contributed by atoms with E-state index >= 15 is 0 Å². The minimum Gasteiger partial charge on any atom is -0.481 e. The fourth-order valence-electron chi connectivity index (χ4n) is 2.68. The van der Waals surface area contributed by atoms with Crippen LogP contribution >= 0.6 is 11.6 Å². The molecule has 1 amide bonds. The molecule has 2 rings (SSSR count). The third kappa shape index (κ3) is 3.53. The highest BCUT2D eigenvalue weighted by molar-refractivity contribution is 6.30. The topological polar surface area (TPSA) is 66.4 Å². The van der Waals surface area contributed by atoms with Gasteiger partial charge in [0.15, 0.2) is 0 Å². The molecular formula is C15H17ClFNO3. The van der Waals surface area contributed by atoms with Crippen LogP contribution in [0.1, 0.15) is 42.5 Å². The van der Waals surface area contributed by atoms with Gasteiger partial charge >= 0.3 is 5.97 Å². The molecule has 6 heteroatoms. The van der Waals surface area contributed by atoms with E-state index in [1.54, 1.807) is 0 Å². The minimum atomic E-state index is -0.904. The summed E-state index contributed by atoms with van der Waals surface area (Å²) >= 11 is 5.56. The maximum atomic E-state index is 13.3. The van der Waals surface area contributed by atoms with Crippen LogP contribution in [0.3, 0.4) is 0 Å². The number of nitrogens with one attached hydrogen (secondary N) is 1. The number of benzene rings is 1. The van der Waals surface area contributed by atoms with Crippen molar-refractivity contribution >= 4 is 23.5 Å². The van der Waals surface area contributed by atoms with Gasteiger partial charge in [0.2, 0.25) is 0 Å². The zero-order valence-corrected chi connectivity index (χ0v) is 12.3. The molecule has 0 atom stereocenters. The largest absolute Gasteiger partial charge is 0.481 e. The van der Waals surface area contributed by atoms with Gasteiger partial charge in [-0.2, -0.15) is 0 Å². The molecule has 0 unspecified atom stereocenters. The van der Waals surface area contributed by atoms with Crippen LogP contribution in [-0.4, -0.2) is 23.5 Å². The highest BCUT2D eigenvalue weighted by atomic mass is 35.5. The highest BCUT2D eigenvalue weighted by Gasteiger charge is 2.39. The molecule has 0 saturated heterocycles. The quantitative estimate of drug-likeness (QED) is 0.896. The fraction of sp³-hybridized carbons (Fsp3) is 0.467. The zero-order valence-electron chi connectivity index (χ0n) is 11.5. The molecule has 0 bridgehead atoms. The van der Waals surface area contributed by atoms with Crippen molar-refractivity contribution in [1.29, 1.82) is 0 Å². The van der Waals surface area contributed by atoms with Gasteiger partial charge in [-0.25, -0.2) is 4.39 Å². The molecule has 114 valence electrons. The Kier molecular flexibility index (Phi) is 4.83. The summed E-state index contributed by atoms with van der Waals surface area (Å²) in [5.74, 6) is -2.04. The number of aliphatic carboxylic acids is 1. The first kappa shape index (κ1) is 15.8. The van der Waals surface area contributed by atoms with Crippen molar-refractivity contribution in [2.75, 3.05) is 6.54 Å². The number of amides is 1. The molecule has 1 aliphatic rings. The van der Waals surface area contributed by atoms with E-state index in [0.717, 1.165) is 25.3 Å². The van der Waals surface area contributed by atoms with Crippen LogP contribution in [0.5, 0.6) is 0 Å². The number of hydrogen-bond donors (Lipinski definition) is 2. The van der Waals surface area contributed by atoms with E-state index in [-0.39, 0.29) is 17.1 Å². The molecule has 21 heavy (non-hydrogen) atoms. The lowest BCUT2D eigenvalue weighted by Gasteiger charge is -2.33. The Hall–Kier alpha value is -1.62. The number of carboxylic acid groups (broad SMARTS) is 1. The maximum Gasteiger partial charge on any atom is 0.311 e. The molecule has 4 nitrogen and oxygen atoms in total. The lowest BCUT2D eigenvalue weighted by Crippen LogP contribution is -2.44. The van der Waals surface area contributed by atoms with Crippen LogP contribution in [0.4, 0.5) is 4.39 Å². The van der Waals surface area contributed by atoms with Crippen LogP contribution in [0.2, 0.25) is 5.02 Å². The van der Waals surface area contributed by atoms with Gasteiger partial charge in [0.25, 0.3) is 5.91 Å². The molecule has 0 aromatic heterocycles. The summed E-state index contributed by atoms with van der Waals surface area (Å²) in [6.45, 7) is 0.0609. The van der Waals surface area contributed by atoms with Crippen LogP contribution in [0.15, 0.2) is 18.2 Å². The van der Waals surface area contributed by atoms with Crippen molar-refractivity contribution in [2.24, 2.45) is 5.41 Å². The van der Waals surface area contributed by atoms with Gasteiger partial charge in [0, 0.05) is 12.1 Å². The van der Waals surface area contributed by atoms with Crippen molar-refractivity contribution in [1.82, 2.24) is 5.32 Å². The van der Waals surface area contributed by atoms with Gasteiger partial charge in [-0.1, -0.05) is 30.9 Å². The number of carboxylic acids is 1. The van der Waals surface area contributed by atoms with E-state index < -0.39 is 23.1 Å². The standard InChI is InChI=1S/C15H17ClFNO3/c16-11-5-4-10(8-12(11)17)13(19)18-9-15(14(20)21)6-2-1-3-7-15/h4-5,8H,1-3,6-7,9H2,(H,18,19)(H,20,21). The van der Waals surface area contributed by atoms with E-state index in [9.17, 15) is 19.1 Å². The zero-order chi connectivity index (χ0) is 15.5. The van der Waals surface area contributed by atoms with Gasteiger partial charge < -0.3 is 10.4 Å². The average Bonchev–Trinajstić information content (AvgIpc) is 2.48.